The lowest BCUT2D eigenvalue weighted by atomic mass is 10.1. The maximum absolute atomic E-state index is 13.6. The highest BCUT2D eigenvalue weighted by Crippen LogP contribution is 2.28. The minimum Gasteiger partial charge on any atom is -0.318 e. The Morgan fingerprint density at radius 3 is 2.14 bits per heavy atom. The fourth-order valence-electron chi connectivity index (χ4n) is 4.05. The van der Waals surface area contributed by atoms with Crippen molar-refractivity contribution in [1.29, 1.82) is 0 Å². The molecule has 1 heterocycles. The number of aryl methyl sites for hydroxylation is 1. The number of aromatic nitrogens is 2. The monoisotopic (exact) mass is 504 g/mol. The molecule has 1 aromatic heterocycles. The van der Waals surface area contributed by atoms with Gasteiger partial charge in [0.1, 0.15) is 12.2 Å². The summed E-state index contributed by atoms with van der Waals surface area (Å²) >= 11 is 0. The third-order valence-corrected chi connectivity index (χ3v) is 8.06. The average Bonchev–Trinajstić information content (AvgIpc) is 3.08. The van der Waals surface area contributed by atoms with E-state index in [0.717, 1.165) is 15.4 Å². The number of hydrogen-bond acceptors (Lipinski definition) is 4. The number of para-hydroxylation sites is 1. The number of carbonyl (C=O) groups excluding carboxylic acids is 1. The Balaban J connectivity index is 1.72. The summed E-state index contributed by atoms with van der Waals surface area (Å²) in [5.74, 6) is -0.624. The normalized spacial score (nSPS) is 11.3. The number of hydrogen-bond donors (Lipinski definition) is 1. The zero-order valence-electron chi connectivity index (χ0n) is 20.6. The van der Waals surface area contributed by atoms with Crippen molar-refractivity contribution >= 4 is 27.3 Å². The van der Waals surface area contributed by atoms with E-state index in [1.807, 2.05) is 38.1 Å². The Bertz CT molecular complexity index is 1570. The fourth-order valence-corrected chi connectivity index (χ4v) is 5.55. The summed E-state index contributed by atoms with van der Waals surface area (Å²) in [7, 11) is -2.34. The van der Waals surface area contributed by atoms with E-state index in [2.05, 4.69) is 5.32 Å². The summed E-state index contributed by atoms with van der Waals surface area (Å²) in [6.45, 7) is 4.92. The van der Waals surface area contributed by atoms with E-state index in [1.54, 1.807) is 61.1 Å². The fraction of sp³-hybridized carbons (Fsp3) is 0.185. The van der Waals surface area contributed by atoms with Crippen molar-refractivity contribution in [2.24, 2.45) is 7.05 Å². The maximum Gasteiger partial charge on any atom is 0.295 e. The van der Waals surface area contributed by atoms with Crippen LogP contribution < -0.4 is 15.2 Å². The van der Waals surface area contributed by atoms with E-state index in [9.17, 15) is 18.0 Å². The van der Waals surface area contributed by atoms with Crippen LogP contribution in [-0.4, -0.2) is 30.2 Å². The van der Waals surface area contributed by atoms with Gasteiger partial charge in [0, 0.05) is 7.05 Å². The Morgan fingerprint density at radius 1 is 0.889 bits per heavy atom. The number of nitrogens with one attached hydrogen (secondary N) is 1. The molecule has 0 aliphatic rings. The second-order valence-electron chi connectivity index (χ2n) is 8.53. The molecule has 0 fully saturated rings. The van der Waals surface area contributed by atoms with Crippen molar-refractivity contribution in [2.75, 3.05) is 16.2 Å². The molecule has 36 heavy (non-hydrogen) atoms. The van der Waals surface area contributed by atoms with Crippen LogP contribution in [0.15, 0.2) is 88.6 Å². The zero-order valence-corrected chi connectivity index (χ0v) is 21.4. The zero-order chi connectivity index (χ0) is 26.0. The van der Waals surface area contributed by atoms with Gasteiger partial charge in [0.25, 0.3) is 15.6 Å². The number of nitrogens with zero attached hydrogens (tertiary/aromatic N) is 3. The summed E-state index contributed by atoms with van der Waals surface area (Å²) in [6.07, 6.45) is 0. The summed E-state index contributed by atoms with van der Waals surface area (Å²) in [5, 5.41) is 2.67. The standard InChI is InChI=1S/C27H28N4O4S/c1-19-12-11-17-24(20(19)2)30(36(34,35)23-15-9-6-10-16-23)18-25(32)28-26-21(3)29(4)31(27(26)33)22-13-7-5-8-14-22/h5-17H,18H2,1-4H3,(H,28,32). The number of rotatable bonds is 7. The minimum absolute atomic E-state index is 0.0704. The summed E-state index contributed by atoms with van der Waals surface area (Å²) in [5.41, 5.74) is 2.93. The molecule has 0 unspecified atom stereocenters. The first kappa shape index (κ1) is 25.0. The molecule has 1 N–H and O–H groups in total. The van der Waals surface area contributed by atoms with Crippen molar-refractivity contribution in [3.8, 4) is 5.69 Å². The van der Waals surface area contributed by atoms with E-state index in [-0.39, 0.29) is 10.6 Å². The predicted molar refractivity (Wildman–Crippen MR) is 141 cm³/mol. The van der Waals surface area contributed by atoms with Crippen LogP contribution in [0.3, 0.4) is 0 Å². The molecule has 0 bridgehead atoms. The molecule has 0 radical (unpaired) electrons. The first-order valence-corrected chi connectivity index (χ1v) is 12.8. The van der Waals surface area contributed by atoms with E-state index in [4.69, 9.17) is 0 Å². The second-order valence-corrected chi connectivity index (χ2v) is 10.4. The topological polar surface area (TPSA) is 93.4 Å². The molecule has 3 aromatic carbocycles. The lowest BCUT2D eigenvalue weighted by molar-refractivity contribution is -0.114. The smallest absolute Gasteiger partial charge is 0.295 e. The number of benzene rings is 3. The Hall–Kier alpha value is -4.11. The lowest BCUT2D eigenvalue weighted by Crippen LogP contribution is -2.39. The minimum atomic E-state index is -4.06. The number of carbonyl (C=O) groups is 1. The van der Waals surface area contributed by atoms with E-state index < -0.39 is 28.0 Å². The highest BCUT2D eigenvalue weighted by Gasteiger charge is 2.29. The third-order valence-electron chi connectivity index (χ3n) is 6.28. The molecule has 0 atom stereocenters. The van der Waals surface area contributed by atoms with Gasteiger partial charge in [-0.05, 0) is 62.2 Å². The van der Waals surface area contributed by atoms with E-state index in [1.165, 1.54) is 16.8 Å². The van der Waals surface area contributed by atoms with Crippen molar-refractivity contribution in [2.45, 2.75) is 25.7 Å². The highest BCUT2D eigenvalue weighted by molar-refractivity contribution is 7.92. The molecule has 4 rings (SSSR count). The van der Waals surface area contributed by atoms with Gasteiger partial charge in [0.2, 0.25) is 5.91 Å². The Kier molecular flexibility index (Phi) is 6.85. The Labute approximate surface area is 210 Å². The molecular formula is C27H28N4O4S. The van der Waals surface area contributed by atoms with Crippen LogP contribution in [0.2, 0.25) is 0 Å². The highest BCUT2D eigenvalue weighted by atomic mass is 32.2. The van der Waals surface area contributed by atoms with Crippen LogP contribution in [0.5, 0.6) is 0 Å². The summed E-state index contributed by atoms with van der Waals surface area (Å²) in [4.78, 5) is 26.5. The van der Waals surface area contributed by atoms with Crippen molar-refractivity contribution < 1.29 is 13.2 Å². The van der Waals surface area contributed by atoms with Crippen LogP contribution in [0.4, 0.5) is 11.4 Å². The SMILES string of the molecule is Cc1cccc(N(CC(=O)Nc2c(C)n(C)n(-c3ccccc3)c2=O)S(=O)(=O)c2ccccc2)c1C. The van der Waals surface area contributed by atoms with Crippen LogP contribution >= 0.6 is 0 Å². The van der Waals surface area contributed by atoms with Crippen molar-refractivity contribution in [3.05, 3.63) is 106 Å². The van der Waals surface area contributed by atoms with Gasteiger partial charge in [0.05, 0.1) is 22.0 Å². The molecule has 1 amide bonds. The first-order chi connectivity index (χ1) is 17.1. The Morgan fingerprint density at radius 2 is 1.50 bits per heavy atom. The van der Waals surface area contributed by atoms with E-state index >= 15 is 0 Å². The van der Waals surface area contributed by atoms with E-state index in [0.29, 0.717) is 17.1 Å². The number of amides is 1. The molecule has 4 aromatic rings. The van der Waals surface area contributed by atoms with Gasteiger partial charge in [-0.3, -0.25) is 18.6 Å². The summed E-state index contributed by atoms with van der Waals surface area (Å²) < 4.78 is 31.5. The molecule has 186 valence electrons. The van der Waals surface area contributed by atoms with Gasteiger partial charge < -0.3 is 5.32 Å². The van der Waals surface area contributed by atoms with Crippen LogP contribution in [-0.2, 0) is 21.9 Å². The predicted octanol–water partition coefficient (Wildman–Crippen LogP) is 3.94. The average molecular weight is 505 g/mol. The maximum atomic E-state index is 13.6. The van der Waals surface area contributed by atoms with Gasteiger partial charge in [-0.25, -0.2) is 13.1 Å². The molecule has 0 saturated carbocycles. The van der Waals surface area contributed by atoms with Crippen LogP contribution in [0, 0.1) is 20.8 Å². The summed E-state index contributed by atoms with van der Waals surface area (Å²) in [6, 6.07) is 22.4. The van der Waals surface area contributed by atoms with Crippen molar-refractivity contribution in [1.82, 2.24) is 9.36 Å². The molecule has 9 heteroatoms. The quantitative estimate of drug-likeness (QED) is 0.413. The van der Waals surface area contributed by atoms with Gasteiger partial charge in [-0.1, -0.05) is 48.5 Å². The van der Waals surface area contributed by atoms with Crippen LogP contribution in [0.25, 0.3) is 5.69 Å². The van der Waals surface area contributed by atoms with Gasteiger partial charge in [-0.2, -0.15) is 0 Å². The molecule has 0 spiro atoms. The molecule has 8 nitrogen and oxygen atoms in total. The first-order valence-electron chi connectivity index (χ1n) is 11.4. The second kappa shape index (κ2) is 9.87. The van der Waals surface area contributed by atoms with Gasteiger partial charge in [-0.15, -0.1) is 0 Å². The largest absolute Gasteiger partial charge is 0.318 e. The molecular weight excluding hydrogens is 476 g/mol. The third kappa shape index (κ3) is 4.57. The molecule has 0 aliphatic heterocycles. The molecule has 0 saturated heterocycles. The van der Waals surface area contributed by atoms with Crippen LogP contribution in [0.1, 0.15) is 16.8 Å². The number of sulfonamides is 1. The number of anilines is 2. The molecule has 0 aliphatic carbocycles. The van der Waals surface area contributed by atoms with Gasteiger partial charge >= 0.3 is 0 Å². The van der Waals surface area contributed by atoms with Gasteiger partial charge in [0.15, 0.2) is 0 Å². The lowest BCUT2D eigenvalue weighted by Gasteiger charge is -2.26. The van der Waals surface area contributed by atoms with Crippen molar-refractivity contribution in [3.63, 3.8) is 0 Å².